The van der Waals surface area contributed by atoms with E-state index in [0.29, 0.717) is 0 Å². The summed E-state index contributed by atoms with van der Waals surface area (Å²) in [5.41, 5.74) is 3.07. The maximum atomic E-state index is 3.58. The van der Waals surface area contributed by atoms with E-state index in [1.54, 1.807) is 0 Å². The monoisotopic (exact) mass is 245 g/mol. The van der Waals surface area contributed by atoms with Crippen LogP contribution < -0.4 is 5.32 Å². The molecule has 1 fully saturated rings. The van der Waals surface area contributed by atoms with Crippen LogP contribution in [0.1, 0.15) is 51.7 Å². The van der Waals surface area contributed by atoms with Gasteiger partial charge in [-0.2, -0.15) is 0 Å². The molecule has 0 aliphatic heterocycles. The molecule has 0 heterocycles. The lowest BCUT2D eigenvalue weighted by Gasteiger charge is -2.19. The summed E-state index contributed by atoms with van der Waals surface area (Å²) in [5.74, 6) is 1.85. The van der Waals surface area contributed by atoms with Crippen molar-refractivity contribution in [2.24, 2.45) is 11.8 Å². The average molecular weight is 245 g/mol. The molecule has 1 heteroatoms. The molecule has 1 aliphatic carbocycles. The quantitative estimate of drug-likeness (QED) is 0.823. The van der Waals surface area contributed by atoms with Gasteiger partial charge in [0.15, 0.2) is 0 Å². The summed E-state index contributed by atoms with van der Waals surface area (Å²) >= 11 is 0. The van der Waals surface area contributed by atoms with Crippen molar-refractivity contribution in [2.75, 3.05) is 6.54 Å². The van der Waals surface area contributed by atoms with Crippen LogP contribution in [-0.2, 0) is 12.0 Å². The summed E-state index contributed by atoms with van der Waals surface area (Å²) < 4.78 is 0. The van der Waals surface area contributed by atoms with E-state index in [9.17, 15) is 0 Å². The molecule has 1 N–H and O–H groups in total. The van der Waals surface area contributed by atoms with Gasteiger partial charge in [-0.15, -0.1) is 0 Å². The number of hydrogen-bond acceptors (Lipinski definition) is 1. The van der Waals surface area contributed by atoms with Crippen molar-refractivity contribution in [3.63, 3.8) is 0 Å². The Balaban J connectivity index is 1.79. The number of rotatable bonds is 5. The van der Waals surface area contributed by atoms with Crippen LogP contribution in [0.25, 0.3) is 0 Å². The largest absolute Gasteiger partial charge is 0.312 e. The number of hydrogen-bond donors (Lipinski definition) is 1. The van der Waals surface area contributed by atoms with Crippen molar-refractivity contribution in [1.82, 2.24) is 5.32 Å². The van der Waals surface area contributed by atoms with E-state index in [2.05, 4.69) is 57.3 Å². The van der Waals surface area contributed by atoms with Crippen molar-refractivity contribution in [2.45, 2.75) is 52.5 Å². The third-order valence-electron chi connectivity index (χ3n) is 4.04. The zero-order valence-electron chi connectivity index (χ0n) is 12.3. The first-order valence-electron chi connectivity index (χ1n) is 7.27. The molecule has 100 valence electrons. The molecular formula is C17H27N. The van der Waals surface area contributed by atoms with E-state index >= 15 is 0 Å². The Labute approximate surface area is 112 Å². The predicted octanol–water partition coefficient (Wildman–Crippen LogP) is 4.12. The molecular weight excluding hydrogens is 218 g/mol. The lowest BCUT2D eigenvalue weighted by atomic mass is 9.87. The fraction of sp³-hybridized carbons (Fsp3) is 0.647. The van der Waals surface area contributed by atoms with Crippen LogP contribution in [0.2, 0.25) is 0 Å². The minimum absolute atomic E-state index is 0.256. The van der Waals surface area contributed by atoms with Crippen LogP contribution >= 0.6 is 0 Å². The van der Waals surface area contributed by atoms with Crippen molar-refractivity contribution >= 4 is 0 Å². The van der Waals surface area contributed by atoms with Gasteiger partial charge in [-0.3, -0.25) is 0 Å². The highest BCUT2D eigenvalue weighted by atomic mass is 14.9. The van der Waals surface area contributed by atoms with Crippen LogP contribution in [0.3, 0.4) is 0 Å². The van der Waals surface area contributed by atoms with Crippen molar-refractivity contribution < 1.29 is 0 Å². The first kappa shape index (κ1) is 13.6. The molecule has 0 radical (unpaired) electrons. The second kappa shape index (κ2) is 5.44. The number of nitrogens with one attached hydrogen (secondary N) is 1. The Morgan fingerprint density at radius 1 is 1.17 bits per heavy atom. The molecule has 0 saturated heterocycles. The summed E-state index contributed by atoms with van der Waals surface area (Å²) in [6.07, 6.45) is 2.90. The zero-order chi connectivity index (χ0) is 13.2. The van der Waals surface area contributed by atoms with Gasteiger partial charge in [0, 0.05) is 6.54 Å². The first-order chi connectivity index (χ1) is 8.47. The van der Waals surface area contributed by atoms with Gasteiger partial charge in [-0.25, -0.2) is 0 Å². The van der Waals surface area contributed by atoms with E-state index in [4.69, 9.17) is 0 Å². The first-order valence-corrected chi connectivity index (χ1v) is 7.27. The van der Waals surface area contributed by atoms with Gasteiger partial charge >= 0.3 is 0 Å². The summed E-state index contributed by atoms with van der Waals surface area (Å²) in [7, 11) is 0. The Morgan fingerprint density at radius 2 is 1.78 bits per heavy atom. The Bertz CT molecular complexity index is 368. The molecule has 1 saturated carbocycles. The summed E-state index contributed by atoms with van der Waals surface area (Å²) in [6.45, 7) is 11.3. The van der Waals surface area contributed by atoms with Gasteiger partial charge in [0.25, 0.3) is 0 Å². The molecule has 1 aromatic carbocycles. The molecule has 1 aromatic rings. The molecule has 2 rings (SSSR count). The molecule has 18 heavy (non-hydrogen) atoms. The lowest BCUT2D eigenvalue weighted by molar-refractivity contribution is 0.461. The SMILES string of the molecule is CC(CNCc1ccc(C(C)(C)C)cc1)C1CC1. The minimum Gasteiger partial charge on any atom is -0.312 e. The van der Waals surface area contributed by atoms with Crippen molar-refractivity contribution in [1.29, 1.82) is 0 Å². The molecule has 1 aliphatic rings. The van der Waals surface area contributed by atoms with E-state index in [1.165, 1.54) is 24.0 Å². The highest BCUT2D eigenvalue weighted by Gasteiger charge is 2.27. The van der Waals surface area contributed by atoms with Gasteiger partial charge in [-0.05, 0) is 47.8 Å². The van der Waals surface area contributed by atoms with E-state index < -0.39 is 0 Å². The third-order valence-corrected chi connectivity index (χ3v) is 4.04. The predicted molar refractivity (Wildman–Crippen MR) is 78.7 cm³/mol. The van der Waals surface area contributed by atoms with Gasteiger partial charge in [0.05, 0.1) is 0 Å². The zero-order valence-corrected chi connectivity index (χ0v) is 12.3. The van der Waals surface area contributed by atoms with E-state index in [0.717, 1.165) is 24.9 Å². The standard InChI is InChI=1S/C17H27N/c1-13(15-7-8-15)11-18-12-14-5-9-16(10-6-14)17(2,3)4/h5-6,9-10,13,15,18H,7-8,11-12H2,1-4H3. The van der Waals surface area contributed by atoms with Gasteiger partial charge in [0.2, 0.25) is 0 Å². The topological polar surface area (TPSA) is 12.0 Å². The summed E-state index contributed by atoms with van der Waals surface area (Å²) in [5, 5.41) is 3.58. The van der Waals surface area contributed by atoms with Crippen LogP contribution in [0.15, 0.2) is 24.3 Å². The fourth-order valence-corrected chi connectivity index (χ4v) is 2.40. The Kier molecular flexibility index (Phi) is 4.11. The lowest BCUT2D eigenvalue weighted by Crippen LogP contribution is -2.21. The second-order valence-corrected chi connectivity index (χ2v) is 6.89. The third kappa shape index (κ3) is 3.84. The van der Waals surface area contributed by atoms with Crippen LogP contribution in [0.5, 0.6) is 0 Å². The minimum atomic E-state index is 0.256. The van der Waals surface area contributed by atoms with Crippen molar-refractivity contribution in [3.8, 4) is 0 Å². The molecule has 0 bridgehead atoms. The highest BCUT2D eigenvalue weighted by molar-refractivity contribution is 5.27. The van der Waals surface area contributed by atoms with Gasteiger partial charge < -0.3 is 5.32 Å². The molecule has 0 amide bonds. The average Bonchev–Trinajstić information content (AvgIpc) is 3.12. The molecule has 1 atom stereocenters. The Hall–Kier alpha value is -0.820. The van der Waals surface area contributed by atoms with Crippen LogP contribution in [0.4, 0.5) is 0 Å². The molecule has 0 spiro atoms. The highest BCUT2D eigenvalue weighted by Crippen LogP contribution is 2.36. The Morgan fingerprint density at radius 3 is 2.28 bits per heavy atom. The van der Waals surface area contributed by atoms with E-state index in [1.807, 2.05) is 0 Å². The number of benzene rings is 1. The fourth-order valence-electron chi connectivity index (χ4n) is 2.40. The smallest absolute Gasteiger partial charge is 0.0205 e. The summed E-state index contributed by atoms with van der Waals surface area (Å²) in [6, 6.07) is 9.05. The second-order valence-electron chi connectivity index (χ2n) is 6.89. The normalized spacial score (nSPS) is 17.8. The molecule has 0 aromatic heterocycles. The van der Waals surface area contributed by atoms with Gasteiger partial charge in [0.1, 0.15) is 0 Å². The molecule has 1 unspecified atom stereocenters. The maximum absolute atomic E-state index is 3.58. The molecule has 1 nitrogen and oxygen atoms in total. The summed E-state index contributed by atoms with van der Waals surface area (Å²) in [4.78, 5) is 0. The van der Waals surface area contributed by atoms with E-state index in [-0.39, 0.29) is 5.41 Å². The van der Waals surface area contributed by atoms with Gasteiger partial charge in [-0.1, -0.05) is 52.0 Å². The van der Waals surface area contributed by atoms with Crippen LogP contribution in [-0.4, -0.2) is 6.54 Å². The van der Waals surface area contributed by atoms with Crippen molar-refractivity contribution in [3.05, 3.63) is 35.4 Å². The van der Waals surface area contributed by atoms with Crippen LogP contribution in [0, 0.1) is 11.8 Å². The maximum Gasteiger partial charge on any atom is 0.0205 e.